The van der Waals surface area contributed by atoms with E-state index in [2.05, 4.69) is 32.6 Å². The predicted molar refractivity (Wildman–Crippen MR) is 77.0 cm³/mol. The highest BCUT2D eigenvalue weighted by molar-refractivity contribution is 5.43. The lowest BCUT2D eigenvalue weighted by atomic mass is 10.1. The lowest BCUT2D eigenvalue weighted by molar-refractivity contribution is 0.281. The van der Waals surface area contributed by atoms with Crippen LogP contribution in [0.25, 0.3) is 0 Å². The van der Waals surface area contributed by atoms with Gasteiger partial charge < -0.3 is 10.0 Å². The first-order valence-corrected chi connectivity index (χ1v) is 6.99. The molecule has 18 heavy (non-hydrogen) atoms. The largest absolute Gasteiger partial charge is 0.392 e. The topological polar surface area (TPSA) is 36.4 Å². The highest BCUT2D eigenvalue weighted by atomic mass is 16.3. The Hall–Kier alpha value is -1.09. The summed E-state index contributed by atoms with van der Waals surface area (Å²) in [6.07, 6.45) is 2.23. The summed E-state index contributed by atoms with van der Waals surface area (Å²) in [6.45, 7) is 10.8. The zero-order chi connectivity index (χ0) is 13.5. The Labute approximate surface area is 111 Å². The van der Waals surface area contributed by atoms with Crippen molar-refractivity contribution in [2.24, 2.45) is 0 Å². The molecule has 0 unspecified atom stereocenters. The molecule has 1 heterocycles. The molecule has 0 amide bonds. The molecule has 0 atom stereocenters. The number of aromatic nitrogens is 1. The van der Waals surface area contributed by atoms with Crippen molar-refractivity contribution in [1.29, 1.82) is 0 Å². The van der Waals surface area contributed by atoms with Gasteiger partial charge in [0.1, 0.15) is 5.82 Å². The molecule has 0 aromatic carbocycles. The molecule has 1 aromatic heterocycles. The molecule has 102 valence electrons. The van der Waals surface area contributed by atoms with Crippen LogP contribution in [0.4, 0.5) is 5.82 Å². The summed E-state index contributed by atoms with van der Waals surface area (Å²) in [5, 5.41) is 9.36. The fourth-order valence-electron chi connectivity index (χ4n) is 2.02. The summed E-state index contributed by atoms with van der Waals surface area (Å²) in [5.41, 5.74) is 2.02. The summed E-state index contributed by atoms with van der Waals surface area (Å²) >= 11 is 0. The maximum absolute atomic E-state index is 9.36. The van der Waals surface area contributed by atoms with Crippen LogP contribution in [0.3, 0.4) is 0 Å². The van der Waals surface area contributed by atoms with Crippen molar-refractivity contribution in [2.45, 2.75) is 53.1 Å². The van der Waals surface area contributed by atoms with Gasteiger partial charge in [-0.2, -0.15) is 0 Å². The maximum Gasteiger partial charge on any atom is 0.129 e. The molecule has 1 N–H and O–H groups in total. The monoisotopic (exact) mass is 250 g/mol. The number of nitrogens with zero attached hydrogens (tertiary/aromatic N) is 2. The van der Waals surface area contributed by atoms with Crippen LogP contribution in [-0.4, -0.2) is 23.2 Å². The minimum absolute atomic E-state index is 0.0847. The molecule has 0 aliphatic carbocycles. The molecule has 0 fully saturated rings. The van der Waals surface area contributed by atoms with Crippen LogP contribution in [0.5, 0.6) is 0 Å². The van der Waals surface area contributed by atoms with Gasteiger partial charge in [-0.1, -0.05) is 27.7 Å². The third-order valence-corrected chi connectivity index (χ3v) is 2.98. The Morgan fingerprint density at radius 2 is 1.78 bits per heavy atom. The number of pyridine rings is 1. The van der Waals surface area contributed by atoms with Crippen molar-refractivity contribution in [3.8, 4) is 0 Å². The van der Waals surface area contributed by atoms with Gasteiger partial charge in [0.2, 0.25) is 0 Å². The van der Waals surface area contributed by atoms with Gasteiger partial charge in [0.05, 0.1) is 6.61 Å². The number of hydrogen-bond acceptors (Lipinski definition) is 3. The highest BCUT2D eigenvalue weighted by Gasteiger charge is 2.11. The first kappa shape index (κ1) is 15.0. The molecular weight excluding hydrogens is 224 g/mol. The Bertz CT molecular complexity index is 358. The van der Waals surface area contributed by atoms with Crippen LogP contribution in [0.15, 0.2) is 12.1 Å². The van der Waals surface area contributed by atoms with Gasteiger partial charge >= 0.3 is 0 Å². The van der Waals surface area contributed by atoms with Crippen molar-refractivity contribution in [3.63, 3.8) is 0 Å². The van der Waals surface area contributed by atoms with E-state index in [1.165, 1.54) is 0 Å². The van der Waals surface area contributed by atoms with E-state index < -0.39 is 0 Å². The van der Waals surface area contributed by atoms with Crippen molar-refractivity contribution < 1.29 is 5.11 Å². The van der Waals surface area contributed by atoms with Crippen LogP contribution in [-0.2, 0) is 6.61 Å². The highest BCUT2D eigenvalue weighted by Crippen LogP contribution is 2.21. The molecule has 0 saturated carbocycles. The van der Waals surface area contributed by atoms with Gasteiger partial charge in [0.25, 0.3) is 0 Å². The molecule has 0 aliphatic rings. The standard InChI is InChI=1S/C15H26N2O/c1-5-7-17(8-6-2)15-10-13(11-18)9-14(16-15)12(3)4/h9-10,12,18H,5-8,11H2,1-4H3. The van der Waals surface area contributed by atoms with Crippen LogP contribution >= 0.6 is 0 Å². The molecule has 0 saturated heterocycles. The van der Waals surface area contributed by atoms with E-state index >= 15 is 0 Å². The molecule has 3 nitrogen and oxygen atoms in total. The molecule has 0 aliphatic heterocycles. The Kier molecular flexibility index (Phi) is 6.13. The Balaban J connectivity index is 3.07. The van der Waals surface area contributed by atoms with E-state index in [4.69, 9.17) is 4.98 Å². The number of rotatable bonds is 7. The summed E-state index contributed by atoms with van der Waals surface area (Å²) in [4.78, 5) is 7.04. The van der Waals surface area contributed by atoms with Gasteiger partial charge in [-0.15, -0.1) is 0 Å². The molecule has 0 radical (unpaired) electrons. The summed E-state index contributed by atoms with van der Waals surface area (Å²) in [6, 6.07) is 4.02. The van der Waals surface area contributed by atoms with Gasteiger partial charge in [-0.05, 0) is 36.5 Å². The summed E-state index contributed by atoms with van der Waals surface area (Å²) < 4.78 is 0. The zero-order valence-electron chi connectivity index (χ0n) is 12.1. The predicted octanol–water partition coefficient (Wildman–Crippen LogP) is 3.32. The molecule has 3 heteroatoms. The van der Waals surface area contributed by atoms with E-state index in [0.29, 0.717) is 5.92 Å². The summed E-state index contributed by atoms with van der Waals surface area (Å²) in [7, 11) is 0. The van der Waals surface area contributed by atoms with Gasteiger partial charge in [-0.3, -0.25) is 0 Å². The number of hydrogen-bond donors (Lipinski definition) is 1. The van der Waals surface area contributed by atoms with Gasteiger partial charge in [-0.25, -0.2) is 4.98 Å². The molecule has 0 bridgehead atoms. The van der Waals surface area contributed by atoms with Gasteiger partial charge in [0.15, 0.2) is 0 Å². The number of aliphatic hydroxyl groups is 1. The fraction of sp³-hybridized carbons (Fsp3) is 0.667. The average molecular weight is 250 g/mol. The zero-order valence-corrected chi connectivity index (χ0v) is 12.1. The average Bonchev–Trinajstić information content (AvgIpc) is 2.37. The molecule has 0 spiro atoms. The van der Waals surface area contributed by atoms with Gasteiger partial charge in [0, 0.05) is 18.8 Å². The Morgan fingerprint density at radius 1 is 1.17 bits per heavy atom. The second kappa shape index (κ2) is 7.37. The van der Waals surface area contributed by atoms with Crippen molar-refractivity contribution in [2.75, 3.05) is 18.0 Å². The minimum atomic E-state index is 0.0847. The SMILES string of the molecule is CCCN(CCC)c1cc(CO)cc(C(C)C)n1. The van der Waals surface area contributed by atoms with Crippen LogP contribution in [0.1, 0.15) is 57.7 Å². The van der Waals surface area contributed by atoms with Crippen molar-refractivity contribution in [1.82, 2.24) is 4.98 Å². The van der Waals surface area contributed by atoms with E-state index in [1.807, 2.05) is 12.1 Å². The lowest BCUT2D eigenvalue weighted by Gasteiger charge is -2.24. The molecule has 1 rings (SSSR count). The molecular formula is C15H26N2O. The quantitative estimate of drug-likeness (QED) is 0.806. The minimum Gasteiger partial charge on any atom is -0.392 e. The van der Waals surface area contributed by atoms with Crippen molar-refractivity contribution in [3.05, 3.63) is 23.4 Å². The second-order valence-electron chi connectivity index (χ2n) is 5.06. The van der Waals surface area contributed by atoms with E-state index in [1.54, 1.807) is 0 Å². The number of anilines is 1. The van der Waals surface area contributed by atoms with E-state index in [9.17, 15) is 5.11 Å². The third kappa shape index (κ3) is 3.98. The lowest BCUT2D eigenvalue weighted by Crippen LogP contribution is -2.26. The first-order chi connectivity index (χ1) is 8.62. The number of aliphatic hydroxyl groups excluding tert-OH is 1. The summed E-state index contributed by atoms with van der Waals surface area (Å²) in [5.74, 6) is 1.40. The van der Waals surface area contributed by atoms with Crippen LogP contribution in [0, 0.1) is 0 Å². The smallest absolute Gasteiger partial charge is 0.129 e. The van der Waals surface area contributed by atoms with Crippen LogP contribution in [0.2, 0.25) is 0 Å². The molecule has 1 aromatic rings. The van der Waals surface area contributed by atoms with Crippen LogP contribution < -0.4 is 4.90 Å². The fourth-order valence-corrected chi connectivity index (χ4v) is 2.02. The second-order valence-corrected chi connectivity index (χ2v) is 5.06. The van der Waals surface area contributed by atoms with Crippen molar-refractivity contribution >= 4 is 5.82 Å². The van der Waals surface area contributed by atoms with E-state index in [0.717, 1.165) is 43.0 Å². The first-order valence-electron chi connectivity index (χ1n) is 6.99. The normalized spacial score (nSPS) is 11.0. The van der Waals surface area contributed by atoms with E-state index in [-0.39, 0.29) is 6.61 Å². The Morgan fingerprint density at radius 3 is 2.22 bits per heavy atom. The third-order valence-electron chi connectivity index (χ3n) is 2.98. The maximum atomic E-state index is 9.36.